The number of halogens is 2. The standard InChI is InChI=1S/C16H16ClFO/c1-9-8-13(17)4-5-14(9)16(19)12-6-10(2)15(18)11(3)7-12/h4-8,16,19H,1-3H3. The van der Waals surface area contributed by atoms with Crippen molar-refractivity contribution in [3.05, 3.63) is 69.0 Å². The Kier molecular flexibility index (Phi) is 3.93. The maximum Gasteiger partial charge on any atom is 0.129 e. The van der Waals surface area contributed by atoms with Crippen LogP contribution in [-0.4, -0.2) is 5.11 Å². The van der Waals surface area contributed by atoms with Crippen molar-refractivity contribution in [2.45, 2.75) is 26.9 Å². The molecule has 2 aromatic rings. The summed E-state index contributed by atoms with van der Waals surface area (Å²) in [5.41, 5.74) is 3.48. The largest absolute Gasteiger partial charge is 0.384 e. The third kappa shape index (κ3) is 2.80. The minimum absolute atomic E-state index is 0.219. The number of aryl methyl sites for hydroxylation is 3. The summed E-state index contributed by atoms with van der Waals surface area (Å²) >= 11 is 5.91. The van der Waals surface area contributed by atoms with Crippen LogP contribution in [0.1, 0.15) is 33.9 Å². The second-order valence-electron chi connectivity index (χ2n) is 4.87. The summed E-state index contributed by atoms with van der Waals surface area (Å²) in [4.78, 5) is 0. The van der Waals surface area contributed by atoms with Gasteiger partial charge in [-0.2, -0.15) is 0 Å². The summed E-state index contributed by atoms with van der Waals surface area (Å²) in [5, 5.41) is 11.1. The zero-order valence-corrected chi connectivity index (χ0v) is 11.9. The van der Waals surface area contributed by atoms with Crippen molar-refractivity contribution >= 4 is 11.6 Å². The zero-order valence-electron chi connectivity index (χ0n) is 11.2. The average molecular weight is 279 g/mol. The quantitative estimate of drug-likeness (QED) is 0.858. The molecule has 0 heterocycles. The van der Waals surface area contributed by atoms with Gasteiger partial charge in [-0.25, -0.2) is 4.39 Å². The van der Waals surface area contributed by atoms with Crippen LogP contribution in [0.15, 0.2) is 30.3 Å². The number of aliphatic hydroxyl groups is 1. The molecule has 3 heteroatoms. The monoisotopic (exact) mass is 278 g/mol. The molecule has 0 aromatic heterocycles. The maximum absolute atomic E-state index is 13.6. The topological polar surface area (TPSA) is 20.2 Å². The van der Waals surface area contributed by atoms with E-state index in [1.165, 1.54) is 0 Å². The first-order valence-corrected chi connectivity index (χ1v) is 6.48. The molecule has 0 aliphatic carbocycles. The Balaban J connectivity index is 2.47. The van der Waals surface area contributed by atoms with Crippen molar-refractivity contribution in [1.29, 1.82) is 0 Å². The second kappa shape index (κ2) is 5.32. The van der Waals surface area contributed by atoms with Gasteiger partial charge in [0.25, 0.3) is 0 Å². The molecule has 1 atom stereocenters. The summed E-state index contributed by atoms with van der Waals surface area (Å²) in [6, 6.07) is 8.72. The average Bonchev–Trinajstić information content (AvgIpc) is 2.34. The van der Waals surface area contributed by atoms with Crippen LogP contribution < -0.4 is 0 Å². The summed E-state index contributed by atoms with van der Waals surface area (Å²) < 4.78 is 13.6. The van der Waals surface area contributed by atoms with Crippen LogP contribution in [-0.2, 0) is 0 Å². The Morgan fingerprint density at radius 3 is 2.11 bits per heavy atom. The van der Waals surface area contributed by atoms with E-state index >= 15 is 0 Å². The van der Waals surface area contributed by atoms with Crippen LogP contribution in [0.4, 0.5) is 4.39 Å². The van der Waals surface area contributed by atoms with Gasteiger partial charge in [-0.15, -0.1) is 0 Å². The number of rotatable bonds is 2. The molecule has 0 spiro atoms. The van der Waals surface area contributed by atoms with E-state index in [9.17, 15) is 9.50 Å². The zero-order chi connectivity index (χ0) is 14.2. The molecule has 0 saturated heterocycles. The SMILES string of the molecule is Cc1cc(Cl)ccc1C(O)c1cc(C)c(F)c(C)c1. The van der Waals surface area contributed by atoms with Gasteiger partial charge in [0.15, 0.2) is 0 Å². The molecule has 0 aliphatic rings. The Morgan fingerprint density at radius 2 is 1.58 bits per heavy atom. The smallest absolute Gasteiger partial charge is 0.129 e. The highest BCUT2D eigenvalue weighted by atomic mass is 35.5. The second-order valence-corrected chi connectivity index (χ2v) is 5.31. The minimum Gasteiger partial charge on any atom is -0.384 e. The third-order valence-electron chi connectivity index (χ3n) is 3.30. The van der Waals surface area contributed by atoms with Gasteiger partial charge < -0.3 is 5.11 Å². The van der Waals surface area contributed by atoms with Crippen molar-refractivity contribution in [3.63, 3.8) is 0 Å². The molecule has 0 fully saturated rings. The molecule has 2 rings (SSSR count). The highest BCUT2D eigenvalue weighted by Crippen LogP contribution is 2.28. The van der Waals surface area contributed by atoms with E-state index in [4.69, 9.17) is 11.6 Å². The minimum atomic E-state index is -0.768. The molecular weight excluding hydrogens is 263 g/mol. The lowest BCUT2D eigenvalue weighted by Crippen LogP contribution is -2.04. The summed E-state index contributed by atoms with van der Waals surface area (Å²) in [6.07, 6.45) is -0.768. The van der Waals surface area contributed by atoms with Crippen molar-refractivity contribution in [2.24, 2.45) is 0 Å². The lowest BCUT2D eigenvalue weighted by Gasteiger charge is -2.16. The summed E-state index contributed by atoms with van der Waals surface area (Å²) in [7, 11) is 0. The Labute approximate surface area is 117 Å². The van der Waals surface area contributed by atoms with E-state index < -0.39 is 6.10 Å². The third-order valence-corrected chi connectivity index (χ3v) is 3.54. The molecule has 1 unspecified atom stereocenters. The van der Waals surface area contributed by atoms with Crippen molar-refractivity contribution in [1.82, 2.24) is 0 Å². The molecule has 100 valence electrons. The van der Waals surface area contributed by atoms with Gasteiger partial charge in [-0.05, 0) is 60.7 Å². The van der Waals surface area contributed by atoms with Gasteiger partial charge >= 0.3 is 0 Å². The van der Waals surface area contributed by atoms with Gasteiger partial charge in [-0.3, -0.25) is 0 Å². The number of benzene rings is 2. The highest BCUT2D eigenvalue weighted by molar-refractivity contribution is 6.30. The van der Waals surface area contributed by atoms with Gasteiger partial charge in [0, 0.05) is 5.02 Å². The fourth-order valence-electron chi connectivity index (χ4n) is 2.26. The van der Waals surface area contributed by atoms with Crippen LogP contribution in [0, 0.1) is 26.6 Å². The first-order valence-electron chi connectivity index (χ1n) is 6.11. The number of hydrogen-bond donors (Lipinski definition) is 1. The Morgan fingerprint density at radius 1 is 1.00 bits per heavy atom. The van der Waals surface area contributed by atoms with E-state index in [0.717, 1.165) is 11.1 Å². The molecule has 0 saturated carbocycles. The van der Waals surface area contributed by atoms with E-state index in [0.29, 0.717) is 21.7 Å². The van der Waals surface area contributed by atoms with E-state index in [-0.39, 0.29) is 5.82 Å². The molecule has 0 aliphatic heterocycles. The fraction of sp³-hybridized carbons (Fsp3) is 0.250. The Hall–Kier alpha value is -1.38. The molecule has 2 aromatic carbocycles. The fourth-order valence-corrected chi connectivity index (χ4v) is 2.49. The molecule has 0 bridgehead atoms. The van der Waals surface area contributed by atoms with Crippen molar-refractivity contribution < 1.29 is 9.50 Å². The molecular formula is C16H16ClFO. The van der Waals surface area contributed by atoms with Gasteiger partial charge in [0.2, 0.25) is 0 Å². The molecule has 1 nitrogen and oxygen atoms in total. The summed E-state index contributed by atoms with van der Waals surface area (Å²) in [5.74, 6) is -0.219. The van der Waals surface area contributed by atoms with Crippen LogP contribution >= 0.6 is 11.6 Å². The van der Waals surface area contributed by atoms with Crippen LogP contribution in [0.3, 0.4) is 0 Å². The van der Waals surface area contributed by atoms with Gasteiger partial charge in [-0.1, -0.05) is 29.8 Å². The normalized spacial score (nSPS) is 12.5. The van der Waals surface area contributed by atoms with Crippen LogP contribution in [0.25, 0.3) is 0 Å². The summed E-state index contributed by atoms with van der Waals surface area (Å²) in [6.45, 7) is 5.30. The Bertz CT molecular complexity index is 599. The number of aliphatic hydroxyl groups excluding tert-OH is 1. The van der Waals surface area contributed by atoms with Crippen molar-refractivity contribution in [2.75, 3.05) is 0 Å². The predicted molar refractivity (Wildman–Crippen MR) is 76.1 cm³/mol. The van der Waals surface area contributed by atoms with Crippen LogP contribution in [0.5, 0.6) is 0 Å². The molecule has 1 N–H and O–H groups in total. The number of hydrogen-bond acceptors (Lipinski definition) is 1. The molecule has 0 radical (unpaired) electrons. The first-order chi connectivity index (χ1) is 8.90. The van der Waals surface area contributed by atoms with Crippen molar-refractivity contribution in [3.8, 4) is 0 Å². The maximum atomic E-state index is 13.6. The van der Waals surface area contributed by atoms with Gasteiger partial charge in [0.05, 0.1) is 0 Å². The van der Waals surface area contributed by atoms with E-state index in [2.05, 4.69) is 0 Å². The van der Waals surface area contributed by atoms with E-state index in [1.54, 1.807) is 38.1 Å². The van der Waals surface area contributed by atoms with E-state index in [1.807, 2.05) is 13.0 Å². The van der Waals surface area contributed by atoms with Gasteiger partial charge in [0.1, 0.15) is 11.9 Å². The lowest BCUT2D eigenvalue weighted by molar-refractivity contribution is 0.219. The van der Waals surface area contributed by atoms with Crippen LogP contribution in [0.2, 0.25) is 5.02 Å². The molecule has 19 heavy (non-hydrogen) atoms. The highest BCUT2D eigenvalue weighted by Gasteiger charge is 2.15. The lowest BCUT2D eigenvalue weighted by atomic mass is 9.95. The predicted octanol–water partition coefficient (Wildman–Crippen LogP) is 4.49. The molecule has 0 amide bonds. The first kappa shape index (κ1) is 14.0.